The van der Waals surface area contributed by atoms with Crippen LogP contribution in [0.15, 0.2) is 0 Å². The lowest BCUT2D eigenvalue weighted by molar-refractivity contribution is -0.127. The molecule has 2 fully saturated rings. The van der Waals surface area contributed by atoms with Crippen LogP contribution in [0.2, 0.25) is 0 Å². The second-order valence-corrected chi connectivity index (χ2v) is 9.02. The van der Waals surface area contributed by atoms with Crippen LogP contribution in [0.5, 0.6) is 0 Å². The number of carbonyl (C=O) groups is 4. The van der Waals surface area contributed by atoms with Gasteiger partial charge in [0.05, 0.1) is 12.6 Å². The first kappa shape index (κ1) is 24.2. The first-order chi connectivity index (χ1) is 14.4. The number of alkyl carbamates (subject to hydrolysis) is 1. The maximum Gasteiger partial charge on any atom is 0.407 e. The average Bonchev–Trinajstić information content (AvgIpc) is 3.11. The van der Waals surface area contributed by atoms with E-state index in [1.165, 1.54) is 32.1 Å². The van der Waals surface area contributed by atoms with E-state index in [4.69, 9.17) is 4.74 Å². The summed E-state index contributed by atoms with van der Waals surface area (Å²) in [5, 5.41) is 8.05. The molecule has 0 radical (unpaired) electrons. The Morgan fingerprint density at radius 2 is 1.90 bits per heavy atom. The topological polar surface area (TPSA) is 114 Å². The third-order valence-corrected chi connectivity index (χ3v) is 5.99. The van der Waals surface area contributed by atoms with Gasteiger partial charge in [-0.05, 0) is 37.5 Å². The number of amides is 3. The Kier molecular flexibility index (Phi) is 10.1. The second-order valence-electron chi connectivity index (χ2n) is 9.02. The molecular weight excluding hydrogens is 386 g/mol. The van der Waals surface area contributed by atoms with Gasteiger partial charge in [-0.1, -0.05) is 46.0 Å². The number of rotatable bonds is 11. The number of hydrogen-bond acceptors (Lipinski definition) is 5. The fourth-order valence-corrected chi connectivity index (χ4v) is 4.29. The standard InChI is InChI=1S/C22H37N3O5/c1-15(2)12-19(25-22(29)30-11-9-16-6-4-3-5-7-16)21(28)24-18(14-26)13-17-8-10-23-20(17)27/h14-19H,3-13H2,1-2H3,(H,23,27)(H,24,28)(H,25,29)/t17?,18-,19-/m0/s1. The van der Waals surface area contributed by atoms with Gasteiger partial charge in [-0.2, -0.15) is 0 Å². The van der Waals surface area contributed by atoms with Crippen LogP contribution in [-0.4, -0.2) is 49.4 Å². The largest absolute Gasteiger partial charge is 0.450 e. The zero-order chi connectivity index (χ0) is 21.9. The van der Waals surface area contributed by atoms with Gasteiger partial charge in [-0.25, -0.2) is 4.79 Å². The molecule has 1 saturated heterocycles. The van der Waals surface area contributed by atoms with Crippen LogP contribution < -0.4 is 16.0 Å². The van der Waals surface area contributed by atoms with Crippen LogP contribution in [-0.2, 0) is 19.1 Å². The highest BCUT2D eigenvalue weighted by atomic mass is 16.5. The summed E-state index contributed by atoms with van der Waals surface area (Å²) >= 11 is 0. The van der Waals surface area contributed by atoms with E-state index in [1.54, 1.807) is 0 Å². The highest BCUT2D eigenvalue weighted by Gasteiger charge is 2.30. The van der Waals surface area contributed by atoms with Gasteiger partial charge >= 0.3 is 6.09 Å². The van der Waals surface area contributed by atoms with E-state index in [0.29, 0.717) is 38.2 Å². The van der Waals surface area contributed by atoms with Crippen LogP contribution in [0, 0.1) is 17.8 Å². The van der Waals surface area contributed by atoms with Crippen molar-refractivity contribution < 1.29 is 23.9 Å². The fraction of sp³-hybridized carbons (Fsp3) is 0.818. The minimum absolute atomic E-state index is 0.0884. The van der Waals surface area contributed by atoms with Crippen molar-refractivity contribution in [3.8, 4) is 0 Å². The normalized spacial score (nSPS) is 21.6. The zero-order valence-corrected chi connectivity index (χ0v) is 18.3. The summed E-state index contributed by atoms with van der Waals surface area (Å²) in [6.45, 7) is 4.85. The highest BCUT2D eigenvalue weighted by molar-refractivity contribution is 5.88. The van der Waals surface area contributed by atoms with E-state index in [9.17, 15) is 19.2 Å². The van der Waals surface area contributed by atoms with E-state index in [-0.39, 0.29) is 24.2 Å². The monoisotopic (exact) mass is 423 g/mol. The summed E-state index contributed by atoms with van der Waals surface area (Å²) in [4.78, 5) is 48.1. The molecule has 1 saturated carbocycles. The van der Waals surface area contributed by atoms with Crippen molar-refractivity contribution in [2.45, 2.75) is 83.7 Å². The van der Waals surface area contributed by atoms with Crippen molar-refractivity contribution in [3.63, 3.8) is 0 Å². The van der Waals surface area contributed by atoms with Gasteiger partial charge in [0.15, 0.2) is 0 Å². The third-order valence-electron chi connectivity index (χ3n) is 5.99. The fourth-order valence-electron chi connectivity index (χ4n) is 4.29. The lowest BCUT2D eigenvalue weighted by Gasteiger charge is -2.23. The van der Waals surface area contributed by atoms with Crippen LogP contribution in [0.1, 0.15) is 71.6 Å². The molecule has 2 rings (SSSR count). The number of nitrogens with one attached hydrogen (secondary N) is 3. The minimum Gasteiger partial charge on any atom is -0.450 e. The predicted octanol–water partition coefficient (Wildman–Crippen LogP) is 2.31. The first-order valence-corrected chi connectivity index (χ1v) is 11.4. The SMILES string of the molecule is CC(C)C[C@H](NC(=O)OCCC1CCCCC1)C(=O)N[C@H](C=O)CC1CCNC1=O. The second kappa shape index (κ2) is 12.5. The van der Waals surface area contributed by atoms with E-state index in [1.807, 2.05) is 13.8 Å². The molecule has 1 aliphatic carbocycles. The van der Waals surface area contributed by atoms with Gasteiger partial charge in [0.1, 0.15) is 12.3 Å². The van der Waals surface area contributed by atoms with Gasteiger partial charge in [0, 0.05) is 12.5 Å². The molecule has 8 nitrogen and oxygen atoms in total. The molecule has 30 heavy (non-hydrogen) atoms. The predicted molar refractivity (Wildman–Crippen MR) is 113 cm³/mol. The number of carbonyl (C=O) groups excluding carboxylic acids is 4. The Labute approximate surface area is 179 Å². The molecule has 1 heterocycles. The lowest BCUT2D eigenvalue weighted by atomic mass is 9.87. The average molecular weight is 424 g/mol. The quantitative estimate of drug-likeness (QED) is 0.441. The van der Waals surface area contributed by atoms with Crippen molar-refractivity contribution in [1.82, 2.24) is 16.0 Å². The van der Waals surface area contributed by atoms with E-state index in [2.05, 4.69) is 16.0 Å². The molecule has 8 heteroatoms. The van der Waals surface area contributed by atoms with Gasteiger partial charge in [0.2, 0.25) is 11.8 Å². The number of hydrogen-bond donors (Lipinski definition) is 3. The molecule has 1 unspecified atom stereocenters. The molecule has 3 atom stereocenters. The Morgan fingerprint density at radius 3 is 2.50 bits per heavy atom. The molecular formula is C22H37N3O5. The molecule has 0 aromatic heterocycles. The summed E-state index contributed by atoms with van der Waals surface area (Å²) in [5.74, 6) is -0.0132. The first-order valence-electron chi connectivity index (χ1n) is 11.4. The van der Waals surface area contributed by atoms with E-state index < -0.39 is 24.1 Å². The minimum atomic E-state index is -0.785. The van der Waals surface area contributed by atoms with E-state index >= 15 is 0 Å². The molecule has 0 spiro atoms. The molecule has 0 aromatic rings. The Balaban J connectivity index is 1.81. The third kappa shape index (κ3) is 8.32. The number of ether oxygens (including phenoxy) is 1. The molecule has 170 valence electrons. The van der Waals surface area contributed by atoms with Gasteiger partial charge in [-0.15, -0.1) is 0 Å². The molecule has 3 N–H and O–H groups in total. The van der Waals surface area contributed by atoms with Crippen molar-refractivity contribution in [2.24, 2.45) is 17.8 Å². The maximum atomic E-state index is 12.7. The van der Waals surface area contributed by atoms with Crippen molar-refractivity contribution in [1.29, 1.82) is 0 Å². The molecule has 1 aliphatic heterocycles. The van der Waals surface area contributed by atoms with Crippen LogP contribution >= 0.6 is 0 Å². The van der Waals surface area contributed by atoms with E-state index in [0.717, 1.165) is 6.42 Å². The van der Waals surface area contributed by atoms with Crippen molar-refractivity contribution in [3.05, 3.63) is 0 Å². The van der Waals surface area contributed by atoms with Gasteiger partial charge in [-0.3, -0.25) is 9.59 Å². The molecule has 3 amide bonds. The van der Waals surface area contributed by atoms with Crippen molar-refractivity contribution in [2.75, 3.05) is 13.2 Å². The Bertz CT molecular complexity index is 589. The molecule has 0 bridgehead atoms. The summed E-state index contributed by atoms with van der Waals surface area (Å²) in [7, 11) is 0. The van der Waals surface area contributed by atoms with Crippen molar-refractivity contribution >= 4 is 24.2 Å². The summed E-state index contributed by atoms with van der Waals surface area (Å²) in [6.07, 6.45) is 8.40. The Hall–Kier alpha value is -2.12. The summed E-state index contributed by atoms with van der Waals surface area (Å²) in [5.41, 5.74) is 0. The Morgan fingerprint density at radius 1 is 1.17 bits per heavy atom. The maximum absolute atomic E-state index is 12.7. The highest BCUT2D eigenvalue weighted by Crippen LogP contribution is 2.26. The summed E-state index contributed by atoms with van der Waals surface area (Å²) in [6, 6.07) is -1.54. The smallest absolute Gasteiger partial charge is 0.407 e. The molecule has 2 aliphatic rings. The summed E-state index contributed by atoms with van der Waals surface area (Å²) < 4.78 is 5.31. The zero-order valence-electron chi connectivity index (χ0n) is 18.3. The van der Waals surface area contributed by atoms with Crippen LogP contribution in [0.25, 0.3) is 0 Å². The van der Waals surface area contributed by atoms with Gasteiger partial charge in [0.25, 0.3) is 0 Å². The van der Waals surface area contributed by atoms with Crippen LogP contribution in [0.4, 0.5) is 4.79 Å². The molecule has 0 aromatic carbocycles. The lowest BCUT2D eigenvalue weighted by Crippen LogP contribution is -2.51. The van der Waals surface area contributed by atoms with Gasteiger partial charge < -0.3 is 25.5 Å². The van der Waals surface area contributed by atoms with Crippen LogP contribution in [0.3, 0.4) is 0 Å². The number of aldehydes is 1.